The molecule has 2 rings (SSSR count). The third kappa shape index (κ3) is 2.94. The van der Waals surface area contributed by atoms with Crippen molar-refractivity contribution in [3.05, 3.63) is 32.4 Å². The van der Waals surface area contributed by atoms with Crippen LogP contribution in [0.2, 0.25) is 0 Å². The largest absolute Gasteiger partial charge is 0.368 e. The first-order chi connectivity index (χ1) is 8.97. The molecule has 0 aliphatic rings. The minimum Gasteiger partial charge on any atom is -0.368 e. The summed E-state index contributed by atoms with van der Waals surface area (Å²) < 4.78 is 0. The number of hydrogen-bond acceptors (Lipinski definition) is 8. The Morgan fingerprint density at radius 2 is 2.21 bits per heavy atom. The number of nitrogens with zero attached hydrogens (tertiary/aromatic N) is 4. The van der Waals surface area contributed by atoms with Crippen molar-refractivity contribution in [1.29, 1.82) is 0 Å². The molecular weight excluding hydrogens is 268 g/mol. The van der Waals surface area contributed by atoms with Crippen molar-refractivity contribution >= 4 is 28.8 Å². The number of nitrogens with two attached hydrogens (primary N) is 1. The van der Waals surface area contributed by atoms with Crippen LogP contribution in [0, 0.1) is 17.0 Å². The van der Waals surface area contributed by atoms with Gasteiger partial charge in [0.2, 0.25) is 11.8 Å². The quantitative estimate of drug-likeness (QED) is 0.648. The molecule has 0 bridgehead atoms. The van der Waals surface area contributed by atoms with E-state index in [4.69, 9.17) is 5.73 Å². The smallest absolute Gasteiger partial charge is 0.329 e. The molecule has 0 amide bonds. The molecule has 100 valence electrons. The van der Waals surface area contributed by atoms with Gasteiger partial charge < -0.3 is 11.1 Å². The molecule has 0 radical (unpaired) electrons. The molecule has 0 saturated carbocycles. The third-order valence-corrected chi connectivity index (χ3v) is 3.44. The summed E-state index contributed by atoms with van der Waals surface area (Å²) in [5.74, 6) is 0.0773. The van der Waals surface area contributed by atoms with Crippen LogP contribution in [-0.2, 0) is 0 Å². The van der Waals surface area contributed by atoms with Crippen LogP contribution in [0.4, 0.5) is 17.5 Å². The number of nitro groups is 1. The molecule has 19 heavy (non-hydrogen) atoms. The first kappa shape index (κ1) is 13.1. The number of nitrogens with one attached hydrogen (secondary N) is 1. The Morgan fingerprint density at radius 3 is 2.79 bits per heavy atom. The summed E-state index contributed by atoms with van der Waals surface area (Å²) in [5, 5.41) is 14.6. The normalized spacial score (nSPS) is 12.1. The maximum absolute atomic E-state index is 10.9. The van der Waals surface area contributed by atoms with Gasteiger partial charge in [0, 0.05) is 11.1 Å². The summed E-state index contributed by atoms with van der Waals surface area (Å²) in [6.07, 6.45) is 2.84. The van der Waals surface area contributed by atoms with Gasteiger partial charge in [-0.3, -0.25) is 10.1 Å². The molecule has 0 fully saturated rings. The summed E-state index contributed by atoms with van der Waals surface area (Å²) in [7, 11) is 0. The van der Waals surface area contributed by atoms with Gasteiger partial charge in [-0.05, 0) is 13.8 Å². The van der Waals surface area contributed by atoms with Crippen LogP contribution in [0.3, 0.4) is 0 Å². The van der Waals surface area contributed by atoms with Gasteiger partial charge in [0.05, 0.1) is 11.0 Å². The van der Waals surface area contributed by atoms with Crippen molar-refractivity contribution in [2.45, 2.75) is 19.9 Å². The van der Waals surface area contributed by atoms with E-state index in [2.05, 4.69) is 20.3 Å². The zero-order chi connectivity index (χ0) is 14.0. The number of aryl methyl sites for hydroxylation is 1. The highest BCUT2D eigenvalue weighted by Gasteiger charge is 2.20. The SMILES string of the molecule is Cc1cnc(C(C)Nc2nc(N)ncc2[N+](=O)[O-])s1. The molecule has 8 nitrogen and oxygen atoms in total. The molecule has 9 heteroatoms. The van der Waals surface area contributed by atoms with Crippen molar-refractivity contribution < 1.29 is 4.92 Å². The van der Waals surface area contributed by atoms with Crippen molar-refractivity contribution in [2.75, 3.05) is 11.1 Å². The van der Waals surface area contributed by atoms with Crippen LogP contribution < -0.4 is 11.1 Å². The lowest BCUT2D eigenvalue weighted by Crippen LogP contribution is -2.11. The fourth-order valence-electron chi connectivity index (χ4n) is 1.47. The lowest BCUT2D eigenvalue weighted by Gasteiger charge is -2.11. The van der Waals surface area contributed by atoms with E-state index in [-0.39, 0.29) is 23.5 Å². The van der Waals surface area contributed by atoms with Crippen molar-refractivity contribution in [2.24, 2.45) is 0 Å². The second-order valence-corrected chi connectivity index (χ2v) is 5.16. The molecule has 0 spiro atoms. The highest BCUT2D eigenvalue weighted by Crippen LogP contribution is 2.27. The molecule has 2 heterocycles. The summed E-state index contributed by atoms with van der Waals surface area (Å²) in [5.41, 5.74) is 5.23. The monoisotopic (exact) mass is 280 g/mol. The van der Waals surface area contributed by atoms with E-state index in [1.54, 1.807) is 6.20 Å². The Kier molecular flexibility index (Phi) is 3.56. The topological polar surface area (TPSA) is 120 Å². The Hall–Kier alpha value is -2.29. The maximum atomic E-state index is 10.9. The second kappa shape index (κ2) is 5.14. The average Bonchev–Trinajstić information content (AvgIpc) is 2.75. The highest BCUT2D eigenvalue weighted by atomic mass is 32.1. The first-order valence-corrected chi connectivity index (χ1v) is 6.25. The van der Waals surface area contributed by atoms with Crippen LogP contribution in [0.5, 0.6) is 0 Å². The summed E-state index contributed by atoms with van der Waals surface area (Å²) in [6, 6.07) is -0.202. The lowest BCUT2D eigenvalue weighted by molar-refractivity contribution is -0.384. The molecule has 1 atom stereocenters. The Bertz CT molecular complexity index is 614. The second-order valence-electron chi connectivity index (χ2n) is 3.89. The predicted octanol–water partition coefficient (Wildman–Crippen LogP) is 1.91. The predicted molar refractivity (Wildman–Crippen MR) is 72.0 cm³/mol. The van der Waals surface area contributed by atoms with E-state index in [0.717, 1.165) is 16.1 Å². The number of hydrogen-bond donors (Lipinski definition) is 2. The number of anilines is 2. The number of aromatic nitrogens is 3. The van der Waals surface area contributed by atoms with Gasteiger partial charge in [0.25, 0.3) is 0 Å². The van der Waals surface area contributed by atoms with Crippen LogP contribution in [0.15, 0.2) is 12.4 Å². The molecule has 1 unspecified atom stereocenters. The van der Waals surface area contributed by atoms with Gasteiger partial charge in [0.1, 0.15) is 11.2 Å². The van der Waals surface area contributed by atoms with E-state index in [0.29, 0.717) is 0 Å². The highest BCUT2D eigenvalue weighted by molar-refractivity contribution is 7.11. The Balaban J connectivity index is 2.27. The van der Waals surface area contributed by atoms with Crippen LogP contribution in [0.1, 0.15) is 22.9 Å². The standard InChI is InChI=1S/C10H12N6O2S/c1-5-3-12-9(19-5)6(2)14-8-7(16(17)18)4-13-10(11)15-8/h3-4,6H,1-2H3,(H3,11,13,14,15). The minimum atomic E-state index is -0.554. The van der Waals surface area contributed by atoms with Gasteiger partial charge in [0.15, 0.2) is 0 Å². The fraction of sp³-hybridized carbons (Fsp3) is 0.300. The van der Waals surface area contributed by atoms with Crippen LogP contribution >= 0.6 is 11.3 Å². The lowest BCUT2D eigenvalue weighted by atomic mass is 10.3. The summed E-state index contributed by atoms with van der Waals surface area (Å²) >= 11 is 1.52. The average molecular weight is 280 g/mol. The minimum absolute atomic E-state index is 0.0179. The molecular formula is C10H12N6O2S. The summed E-state index contributed by atoms with van der Waals surface area (Å²) in [6.45, 7) is 3.79. The zero-order valence-electron chi connectivity index (χ0n) is 10.3. The van der Waals surface area contributed by atoms with E-state index >= 15 is 0 Å². The Morgan fingerprint density at radius 1 is 1.47 bits per heavy atom. The van der Waals surface area contributed by atoms with E-state index in [1.165, 1.54) is 11.3 Å². The van der Waals surface area contributed by atoms with Crippen molar-refractivity contribution in [1.82, 2.24) is 15.0 Å². The maximum Gasteiger partial charge on any atom is 0.329 e. The Labute approximate surface area is 112 Å². The molecule has 3 N–H and O–H groups in total. The van der Waals surface area contributed by atoms with E-state index < -0.39 is 4.92 Å². The molecule has 0 aromatic carbocycles. The number of rotatable bonds is 4. The molecule has 0 saturated heterocycles. The molecule has 0 aliphatic carbocycles. The molecule has 2 aromatic heterocycles. The van der Waals surface area contributed by atoms with Crippen molar-refractivity contribution in [3.63, 3.8) is 0 Å². The van der Waals surface area contributed by atoms with Crippen LogP contribution in [-0.4, -0.2) is 19.9 Å². The number of nitrogen functional groups attached to an aromatic ring is 1. The van der Waals surface area contributed by atoms with Crippen LogP contribution in [0.25, 0.3) is 0 Å². The number of thiazole rings is 1. The van der Waals surface area contributed by atoms with E-state index in [9.17, 15) is 10.1 Å². The first-order valence-electron chi connectivity index (χ1n) is 5.43. The molecule has 0 aliphatic heterocycles. The van der Waals surface area contributed by atoms with Gasteiger partial charge in [-0.1, -0.05) is 0 Å². The zero-order valence-corrected chi connectivity index (χ0v) is 11.1. The van der Waals surface area contributed by atoms with Gasteiger partial charge in [-0.25, -0.2) is 9.97 Å². The molecule has 2 aromatic rings. The third-order valence-electron chi connectivity index (χ3n) is 2.35. The van der Waals surface area contributed by atoms with Crippen molar-refractivity contribution in [3.8, 4) is 0 Å². The van der Waals surface area contributed by atoms with E-state index in [1.807, 2.05) is 13.8 Å². The van der Waals surface area contributed by atoms with Gasteiger partial charge >= 0.3 is 5.69 Å². The fourth-order valence-corrected chi connectivity index (χ4v) is 2.24. The van der Waals surface area contributed by atoms with Gasteiger partial charge in [-0.15, -0.1) is 11.3 Å². The summed E-state index contributed by atoms with van der Waals surface area (Å²) in [4.78, 5) is 23.1. The van der Waals surface area contributed by atoms with Gasteiger partial charge in [-0.2, -0.15) is 4.98 Å².